The number of hydrogen-bond acceptors (Lipinski definition) is 4. The predicted molar refractivity (Wildman–Crippen MR) is 131 cm³/mol. The number of unbranched alkanes of at least 4 members (excludes halogenated alkanes) is 1. The number of nitrogens with zero attached hydrogens (tertiary/aromatic N) is 1. The Labute approximate surface area is 202 Å². The first-order chi connectivity index (χ1) is 16.4. The fraction of sp³-hybridized carbons (Fsp3) is 0.481. The minimum absolute atomic E-state index is 0.0291. The van der Waals surface area contributed by atoms with Crippen LogP contribution in [0.3, 0.4) is 0 Å². The van der Waals surface area contributed by atoms with Gasteiger partial charge < -0.3 is 19.7 Å². The van der Waals surface area contributed by atoms with Gasteiger partial charge in [0.15, 0.2) is 11.5 Å². The van der Waals surface area contributed by atoms with Crippen molar-refractivity contribution in [3.8, 4) is 11.5 Å². The molecule has 0 saturated carbocycles. The molecule has 1 atom stereocenters. The Morgan fingerprint density at radius 2 is 1.74 bits per heavy atom. The molecule has 0 aliphatic rings. The van der Waals surface area contributed by atoms with Crippen LogP contribution in [0.2, 0.25) is 0 Å². The Morgan fingerprint density at radius 3 is 2.41 bits per heavy atom. The molecule has 1 unspecified atom stereocenters. The van der Waals surface area contributed by atoms with Crippen LogP contribution in [0.1, 0.15) is 58.1 Å². The summed E-state index contributed by atoms with van der Waals surface area (Å²) in [7, 11) is 0. The lowest BCUT2D eigenvalue weighted by Gasteiger charge is -2.29. The average molecular weight is 473 g/mol. The third kappa shape index (κ3) is 8.04. The summed E-state index contributed by atoms with van der Waals surface area (Å²) in [6, 6.07) is 11.2. The summed E-state index contributed by atoms with van der Waals surface area (Å²) in [5.41, 5.74) is 1.30. The van der Waals surface area contributed by atoms with E-state index in [2.05, 4.69) is 5.32 Å². The second-order valence-electron chi connectivity index (χ2n) is 8.08. The first kappa shape index (κ1) is 27.2. The highest BCUT2D eigenvalue weighted by molar-refractivity contribution is 5.87. The summed E-state index contributed by atoms with van der Waals surface area (Å²) in [4.78, 5) is 27.4. The van der Waals surface area contributed by atoms with Gasteiger partial charge >= 0.3 is 0 Å². The van der Waals surface area contributed by atoms with E-state index in [1.807, 2.05) is 39.0 Å². The molecule has 186 valence electrons. The summed E-state index contributed by atoms with van der Waals surface area (Å²) >= 11 is 0. The third-order valence-electron chi connectivity index (χ3n) is 5.53. The molecule has 0 spiro atoms. The highest BCUT2D eigenvalue weighted by Gasteiger charge is 2.26. The number of amides is 2. The van der Waals surface area contributed by atoms with Crippen LogP contribution in [0.25, 0.3) is 0 Å². The zero-order chi connectivity index (χ0) is 24.9. The Morgan fingerprint density at radius 1 is 1.03 bits per heavy atom. The van der Waals surface area contributed by atoms with Gasteiger partial charge in [-0.25, -0.2) is 4.39 Å². The number of ether oxygens (including phenoxy) is 2. The molecule has 2 rings (SSSR count). The van der Waals surface area contributed by atoms with Gasteiger partial charge in [0, 0.05) is 25.1 Å². The van der Waals surface area contributed by atoms with Gasteiger partial charge in [0.2, 0.25) is 11.8 Å². The van der Waals surface area contributed by atoms with Crippen LogP contribution in [0.4, 0.5) is 4.39 Å². The fourth-order valence-corrected chi connectivity index (χ4v) is 3.57. The molecule has 0 bridgehead atoms. The quantitative estimate of drug-likeness (QED) is 0.398. The van der Waals surface area contributed by atoms with Crippen molar-refractivity contribution in [1.29, 1.82) is 0 Å². The number of carbonyl (C=O) groups excluding carboxylic acids is 2. The molecule has 0 aliphatic carbocycles. The number of carbonyl (C=O) groups is 2. The molecule has 2 aromatic carbocycles. The third-order valence-corrected chi connectivity index (χ3v) is 5.53. The molecule has 0 heterocycles. The van der Waals surface area contributed by atoms with E-state index >= 15 is 0 Å². The molecular weight excluding hydrogens is 435 g/mol. The van der Waals surface area contributed by atoms with Crippen molar-refractivity contribution in [2.24, 2.45) is 0 Å². The molecule has 2 aromatic rings. The van der Waals surface area contributed by atoms with E-state index in [1.165, 1.54) is 11.0 Å². The van der Waals surface area contributed by atoms with E-state index in [0.717, 1.165) is 18.4 Å². The summed E-state index contributed by atoms with van der Waals surface area (Å²) < 4.78 is 25.6. The Balaban J connectivity index is 2.16. The first-order valence-corrected chi connectivity index (χ1v) is 12.1. The van der Waals surface area contributed by atoms with Gasteiger partial charge in [-0.05, 0) is 57.4 Å². The zero-order valence-electron chi connectivity index (χ0n) is 20.7. The second kappa shape index (κ2) is 14.2. The van der Waals surface area contributed by atoms with Crippen LogP contribution in [-0.4, -0.2) is 42.5 Å². The maximum absolute atomic E-state index is 14.3. The summed E-state index contributed by atoms with van der Waals surface area (Å²) in [6.07, 6.45) is 2.46. The Bertz CT molecular complexity index is 935. The maximum atomic E-state index is 14.3. The van der Waals surface area contributed by atoms with Gasteiger partial charge in [-0.2, -0.15) is 0 Å². The molecule has 0 radical (unpaired) electrons. The van der Waals surface area contributed by atoms with Crippen LogP contribution in [-0.2, 0) is 22.6 Å². The Hall–Kier alpha value is -3.09. The number of aryl methyl sites for hydroxylation is 1. The summed E-state index contributed by atoms with van der Waals surface area (Å²) in [6.45, 7) is 9.15. The van der Waals surface area contributed by atoms with Crippen molar-refractivity contribution < 1.29 is 23.5 Å². The van der Waals surface area contributed by atoms with E-state index in [-0.39, 0.29) is 24.8 Å². The van der Waals surface area contributed by atoms with Crippen LogP contribution in [0.15, 0.2) is 42.5 Å². The molecule has 0 aliphatic heterocycles. The van der Waals surface area contributed by atoms with Crippen molar-refractivity contribution in [3.63, 3.8) is 0 Å². The normalized spacial score (nSPS) is 11.6. The van der Waals surface area contributed by atoms with E-state index in [1.54, 1.807) is 25.1 Å². The summed E-state index contributed by atoms with van der Waals surface area (Å²) in [5.74, 6) is 0.456. The maximum Gasteiger partial charge on any atom is 0.242 e. The lowest BCUT2D eigenvalue weighted by molar-refractivity contribution is -0.140. The van der Waals surface area contributed by atoms with Crippen molar-refractivity contribution >= 4 is 11.8 Å². The van der Waals surface area contributed by atoms with Gasteiger partial charge in [-0.3, -0.25) is 9.59 Å². The van der Waals surface area contributed by atoms with Gasteiger partial charge in [0.05, 0.1) is 13.2 Å². The first-order valence-electron chi connectivity index (χ1n) is 12.1. The largest absolute Gasteiger partial charge is 0.490 e. The molecule has 2 amide bonds. The number of hydrogen-bond donors (Lipinski definition) is 1. The number of rotatable bonds is 14. The number of nitrogens with one attached hydrogen (secondary N) is 1. The van der Waals surface area contributed by atoms with Crippen molar-refractivity contribution in [1.82, 2.24) is 10.2 Å². The fourth-order valence-electron chi connectivity index (χ4n) is 3.57. The van der Waals surface area contributed by atoms with Crippen molar-refractivity contribution in [3.05, 3.63) is 59.4 Å². The van der Waals surface area contributed by atoms with Gasteiger partial charge in [0.25, 0.3) is 0 Å². The van der Waals surface area contributed by atoms with Crippen LogP contribution in [0.5, 0.6) is 11.5 Å². The number of halogens is 1. The van der Waals surface area contributed by atoms with Crippen molar-refractivity contribution in [2.45, 2.75) is 66.0 Å². The lowest BCUT2D eigenvalue weighted by atomic mass is 10.1. The van der Waals surface area contributed by atoms with Crippen LogP contribution in [0, 0.1) is 5.82 Å². The van der Waals surface area contributed by atoms with Gasteiger partial charge in [-0.1, -0.05) is 37.6 Å². The number of benzene rings is 2. The SMILES string of the molecule is CCCCNC(=O)C(C)N(Cc1ccccc1F)C(=O)CCc1ccc(OCC)c(OCC)c1. The predicted octanol–water partition coefficient (Wildman–Crippen LogP) is 4.89. The molecule has 7 heteroatoms. The molecular formula is C27H37FN2O4. The van der Waals surface area contributed by atoms with E-state index < -0.39 is 11.9 Å². The topological polar surface area (TPSA) is 67.9 Å². The summed E-state index contributed by atoms with van der Waals surface area (Å²) in [5, 5.41) is 2.88. The van der Waals surface area contributed by atoms with E-state index in [4.69, 9.17) is 9.47 Å². The minimum Gasteiger partial charge on any atom is -0.490 e. The molecule has 6 nitrogen and oxygen atoms in total. The van der Waals surface area contributed by atoms with Gasteiger partial charge in [0.1, 0.15) is 11.9 Å². The van der Waals surface area contributed by atoms with Gasteiger partial charge in [-0.15, -0.1) is 0 Å². The lowest BCUT2D eigenvalue weighted by Crippen LogP contribution is -2.48. The van der Waals surface area contributed by atoms with E-state index in [0.29, 0.717) is 43.2 Å². The Kier molecular flexibility index (Phi) is 11.4. The second-order valence-corrected chi connectivity index (χ2v) is 8.08. The zero-order valence-corrected chi connectivity index (χ0v) is 20.7. The molecule has 0 fully saturated rings. The van der Waals surface area contributed by atoms with Crippen LogP contribution < -0.4 is 14.8 Å². The molecule has 1 N–H and O–H groups in total. The monoisotopic (exact) mass is 472 g/mol. The highest BCUT2D eigenvalue weighted by Crippen LogP contribution is 2.29. The molecule has 34 heavy (non-hydrogen) atoms. The minimum atomic E-state index is -0.719. The van der Waals surface area contributed by atoms with E-state index in [9.17, 15) is 14.0 Å². The standard InChI is InChI=1S/C27H37FN2O4/c1-5-8-17-29-27(32)20(4)30(19-22-11-9-10-12-23(22)28)26(31)16-14-21-13-15-24(33-6-2)25(18-21)34-7-3/h9-13,15,18,20H,5-8,14,16-17,19H2,1-4H3,(H,29,32). The van der Waals surface area contributed by atoms with Crippen LogP contribution >= 0.6 is 0 Å². The van der Waals surface area contributed by atoms with Crippen molar-refractivity contribution in [2.75, 3.05) is 19.8 Å². The smallest absolute Gasteiger partial charge is 0.242 e. The average Bonchev–Trinajstić information content (AvgIpc) is 2.83. The molecule has 0 saturated heterocycles. The highest BCUT2D eigenvalue weighted by atomic mass is 19.1. The molecule has 0 aromatic heterocycles.